The van der Waals surface area contributed by atoms with Gasteiger partial charge >= 0.3 is 21.7 Å². The van der Waals surface area contributed by atoms with Crippen LogP contribution >= 0.6 is 21.7 Å². The maximum absolute atomic E-state index is 12.3. The van der Waals surface area contributed by atoms with Gasteiger partial charge in [-0.05, 0) is 77.4 Å². The van der Waals surface area contributed by atoms with Crippen molar-refractivity contribution in [1.29, 1.82) is 0 Å². The van der Waals surface area contributed by atoms with Crippen molar-refractivity contribution in [3.05, 3.63) is 89.5 Å². The highest BCUT2D eigenvalue weighted by molar-refractivity contribution is 8.02. The van der Waals surface area contributed by atoms with Crippen LogP contribution in [0.3, 0.4) is 0 Å². The Hall–Kier alpha value is -2.81. The third kappa shape index (κ3) is 9.98. The molecule has 0 aliphatic carbocycles. The second-order valence-corrected chi connectivity index (χ2v) is 14.7. The van der Waals surface area contributed by atoms with E-state index in [9.17, 15) is 9.67 Å². The van der Waals surface area contributed by atoms with E-state index in [2.05, 4.69) is 10.2 Å². The molecule has 210 valence electrons. The topological polar surface area (TPSA) is 105 Å². The summed E-state index contributed by atoms with van der Waals surface area (Å²) in [6.45, 7) is 0. The maximum atomic E-state index is 12.3. The molecular formula is C25H29N4O6P3S2+2. The van der Waals surface area contributed by atoms with Gasteiger partial charge in [0.2, 0.25) is 23.6 Å². The Morgan fingerprint density at radius 1 is 0.775 bits per heavy atom. The summed E-state index contributed by atoms with van der Waals surface area (Å²) in [4.78, 5) is 0. The zero-order valence-corrected chi connectivity index (χ0v) is 26.5. The number of hydrazone groups is 2. The second-order valence-electron chi connectivity index (χ2n) is 8.06. The van der Waals surface area contributed by atoms with Crippen LogP contribution in [-0.4, -0.2) is 55.4 Å². The lowest BCUT2D eigenvalue weighted by Crippen LogP contribution is -2.04. The fraction of sp³-hybridized carbons (Fsp3) is 0.200. The van der Waals surface area contributed by atoms with Gasteiger partial charge in [0.05, 0.1) is 32.7 Å². The van der Waals surface area contributed by atoms with Crippen LogP contribution in [0, 0.1) is 0 Å². The molecule has 1 N–H and O–H groups in total. The molecule has 0 aliphatic rings. The van der Waals surface area contributed by atoms with Gasteiger partial charge in [0.25, 0.3) is 0 Å². The molecule has 0 bridgehead atoms. The zero-order chi connectivity index (χ0) is 29.1. The number of rotatable bonds is 14. The van der Waals surface area contributed by atoms with Crippen molar-refractivity contribution in [2.75, 3.05) is 28.3 Å². The summed E-state index contributed by atoms with van der Waals surface area (Å²) < 4.78 is 37.1. The van der Waals surface area contributed by atoms with Gasteiger partial charge in [-0.1, -0.05) is 21.7 Å². The summed E-state index contributed by atoms with van der Waals surface area (Å²) in [5, 5.41) is 18.1. The van der Waals surface area contributed by atoms with Crippen LogP contribution in [0.2, 0.25) is 0 Å². The normalized spacial score (nSPS) is 12.4. The lowest BCUT2D eigenvalue weighted by molar-refractivity contribution is 0.275. The quantitative estimate of drug-likeness (QED) is 0.118. The monoisotopic (exact) mass is 638 g/mol. The SMILES string of the molecule is COP(=O)(Cc1ccc(O[P+](=S)N(C)/N=C/c2ccc(O[P+](=S)N(C)/N=C/c3ccc(O)cc3)cc2)cc1)OC. The molecule has 0 radical (unpaired) electrons. The van der Waals surface area contributed by atoms with Gasteiger partial charge in [0.15, 0.2) is 11.5 Å². The molecule has 15 heteroatoms. The van der Waals surface area contributed by atoms with Gasteiger partial charge in [0, 0.05) is 14.2 Å². The van der Waals surface area contributed by atoms with Crippen molar-refractivity contribution in [3.63, 3.8) is 0 Å². The molecule has 0 fully saturated rings. The molecule has 0 saturated carbocycles. The van der Waals surface area contributed by atoms with Crippen molar-refractivity contribution < 1.29 is 27.8 Å². The predicted octanol–water partition coefficient (Wildman–Crippen LogP) is 6.62. The van der Waals surface area contributed by atoms with E-state index in [0.717, 1.165) is 16.7 Å². The van der Waals surface area contributed by atoms with E-state index < -0.39 is 21.7 Å². The van der Waals surface area contributed by atoms with Gasteiger partial charge < -0.3 is 14.2 Å². The Kier molecular flexibility index (Phi) is 12.1. The van der Waals surface area contributed by atoms with E-state index >= 15 is 0 Å². The average Bonchev–Trinajstić information content (AvgIpc) is 2.97. The molecule has 2 atom stereocenters. The minimum atomic E-state index is -3.14. The van der Waals surface area contributed by atoms with E-state index in [1.165, 1.54) is 14.2 Å². The Balaban J connectivity index is 1.49. The Labute approximate surface area is 245 Å². The summed E-state index contributed by atoms with van der Waals surface area (Å²) in [6, 6.07) is 21.1. The van der Waals surface area contributed by atoms with Crippen LogP contribution < -0.4 is 9.05 Å². The lowest BCUT2D eigenvalue weighted by atomic mass is 10.2. The van der Waals surface area contributed by atoms with Crippen LogP contribution in [0.15, 0.2) is 83.0 Å². The zero-order valence-electron chi connectivity index (χ0n) is 22.2. The smallest absolute Gasteiger partial charge is 0.508 e. The Morgan fingerprint density at radius 2 is 1.18 bits per heavy atom. The largest absolute Gasteiger partial charge is 0.540 e. The minimum absolute atomic E-state index is 0.163. The molecular weight excluding hydrogens is 609 g/mol. The molecule has 0 heterocycles. The number of phenolic OH excluding ortho intramolecular Hbond substituents is 1. The van der Waals surface area contributed by atoms with E-state index in [0.29, 0.717) is 11.5 Å². The lowest BCUT2D eigenvalue weighted by Gasteiger charge is -2.13. The number of nitrogens with zero attached hydrogens (tertiary/aromatic N) is 4. The molecule has 0 aromatic heterocycles. The van der Waals surface area contributed by atoms with Crippen LogP contribution in [-0.2, 0) is 43.4 Å². The van der Waals surface area contributed by atoms with E-state index in [-0.39, 0.29) is 11.9 Å². The fourth-order valence-electron chi connectivity index (χ4n) is 2.94. The Bertz CT molecular complexity index is 1400. The number of aromatic hydroxyl groups is 1. The highest BCUT2D eigenvalue weighted by Crippen LogP contribution is 2.49. The van der Waals surface area contributed by atoms with Crippen LogP contribution in [0.1, 0.15) is 16.7 Å². The van der Waals surface area contributed by atoms with Gasteiger partial charge in [-0.15, -0.1) is 10.2 Å². The molecule has 40 heavy (non-hydrogen) atoms. The number of hydrogen-bond donors (Lipinski definition) is 1. The van der Waals surface area contributed by atoms with Gasteiger partial charge in [-0.3, -0.25) is 13.6 Å². The van der Waals surface area contributed by atoms with Gasteiger partial charge in [-0.2, -0.15) is 0 Å². The first-order chi connectivity index (χ1) is 19.1. The van der Waals surface area contributed by atoms with Crippen molar-refractivity contribution >= 4 is 57.8 Å². The molecule has 0 aliphatic heterocycles. The highest BCUT2D eigenvalue weighted by Gasteiger charge is 2.23. The molecule has 2 unspecified atom stereocenters. The number of benzene rings is 3. The van der Waals surface area contributed by atoms with Crippen molar-refractivity contribution in [2.45, 2.75) is 6.16 Å². The average molecular weight is 639 g/mol. The second kappa shape index (κ2) is 15.3. The third-order valence-corrected chi connectivity index (χ3v) is 10.8. The van der Waals surface area contributed by atoms with Crippen LogP contribution in [0.5, 0.6) is 17.2 Å². The van der Waals surface area contributed by atoms with Crippen LogP contribution in [0.4, 0.5) is 0 Å². The molecule has 0 amide bonds. The van der Waals surface area contributed by atoms with Crippen molar-refractivity contribution in [3.8, 4) is 17.2 Å². The van der Waals surface area contributed by atoms with Crippen LogP contribution in [0.25, 0.3) is 0 Å². The minimum Gasteiger partial charge on any atom is -0.508 e. The molecule has 10 nitrogen and oxygen atoms in total. The number of phenols is 1. The van der Waals surface area contributed by atoms with Crippen molar-refractivity contribution in [1.82, 2.24) is 9.56 Å². The first-order valence-corrected chi connectivity index (χ1v) is 17.8. The third-order valence-electron chi connectivity index (χ3n) is 5.22. The Morgan fingerprint density at radius 3 is 1.60 bits per heavy atom. The molecule has 3 aromatic carbocycles. The summed E-state index contributed by atoms with van der Waals surface area (Å²) in [6.07, 6.45) is 3.49. The van der Waals surface area contributed by atoms with E-state index in [1.807, 2.05) is 12.1 Å². The first kappa shape index (κ1) is 31.7. The van der Waals surface area contributed by atoms with E-state index in [1.54, 1.807) is 96.7 Å². The van der Waals surface area contributed by atoms with Gasteiger partial charge in [0.1, 0.15) is 5.75 Å². The molecule has 0 saturated heterocycles. The predicted molar refractivity (Wildman–Crippen MR) is 167 cm³/mol. The standard InChI is InChI=1S/C25H28N4O6P3S2/c1-28(26-17-20-5-11-23(30)12-6-20)36(39)34-24-13-7-21(8-14-24)18-27-29(2)37(40)35-25-15-9-22(10-16-25)19-38(31,32-3)33-4/h5-18H,19H2,1-4H3/q+1/p+1/b27-18+. The fourth-order valence-corrected chi connectivity index (χ4v) is 5.89. The number of hydrogen-bond acceptors (Lipinski definition) is 10. The first-order valence-electron chi connectivity index (χ1n) is 11.6. The molecule has 3 rings (SSSR count). The summed E-state index contributed by atoms with van der Waals surface area (Å²) in [7, 11) is 0.196. The molecule has 3 aromatic rings. The summed E-state index contributed by atoms with van der Waals surface area (Å²) >= 11 is 10.9. The maximum Gasteiger partial charge on any atom is 0.540 e. The van der Waals surface area contributed by atoms with Crippen molar-refractivity contribution in [2.24, 2.45) is 10.2 Å². The summed E-state index contributed by atoms with van der Waals surface area (Å²) in [5.41, 5.74) is 2.47. The van der Waals surface area contributed by atoms with Gasteiger partial charge in [-0.25, -0.2) is 0 Å². The van der Waals surface area contributed by atoms with E-state index in [4.69, 9.17) is 41.7 Å². The summed E-state index contributed by atoms with van der Waals surface area (Å²) in [5.74, 6) is 1.39. The molecule has 0 spiro atoms. The highest BCUT2D eigenvalue weighted by atomic mass is 32.4.